The summed E-state index contributed by atoms with van der Waals surface area (Å²) in [5.41, 5.74) is 0.946. The number of fused-ring (bicyclic) bond motifs is 1. The molecule has 1 atom stereocenters. The van der Waals surface area contributed by atoms with Crippen LogP contribution in [0.5, 0.6) is 0 Å². The maximum absolute atomic E-state index is 13.1. The van der Waals surface area contributed by atoms with Gasteiger partial charge in [0.25, 0.3) is 10.0 Å². The lowest BCUT2D eigenvalue weighted by Crippen LogP contribution is -2.40. The molecule has 1 aliphatic rings. The number of rotatable bonds is 5. The summed E-state index contributed by atoms with van der Waals surface area (Å²) < 4.78 is 38.8. The van der Waals surface area contributed by atoms with Gasteiger partial charge >= 0.3 is 0 Å². The second kappa shape index (κ2) is 8.32. The summed E-state index contributed by atoms with van der Waals surface area (Å²) >= 11 is 6.35. The molecule has 166 valence electrons. The third-order valence-corrected chi connectivity index (χ3v) is 7.21. The predicted molar refractivity (Wildman–Crippen MR) is 120 cm³/mol. The SMILES string of the molecule is C[C@@H]1CN(Cc2cnc(-c3cc(Cl)cc4c3cnn4S(=O)(=O)c3ccccc3)o2)CCO1. The Kier molecular flexibility index (Phi) is 5.50. The van der Waals surface area contributed by atoms with Gasteiger partial charge in [-0.2, -0.15) is 17.6 Å². The minimum atomic E-state index is -3.88. The van der Waals surface area contributed by atoms with E-state index >= 15 is 0 Å². The first-order chi connectivity index (χ1) is 15.4. The highest BCUT2D eigenvalue weighted by molar-refractivity contribution is 7.90. The highest BCUT2D eigenvalue weighted by Crippen LogP contribution is 2.33. The number of morpholine rings is 1. The van der Waals surface area contributed by atoms with Crippen molar-refractivity contribution in [2.45, 2.75) is 24.5 Å². The topological polar surface area (TPSA) is 90.5 Å². The molecular formula is C22H21ClN4O4S. The highest BCUT2D eigenvalue weighted by atomic mass is 35.5. The zero-order chi connectivity index (χ0) is 22.3. The molecule has 8 nitrogen and oxygen atoms in total. The van der Waals surface area contributed by atoms with E-state index in [4.69, 9.17) is 20.8 Å². The van der Waals surface area contributed by atoms with Gasteiger partial charge in [0, 0.05) is 29.1 Å². The van der Waals surface area contributed by atoms with Gasteiger partial charge in [0.2, 0.25) is 5.89 Å². The predicted octanol–water partition coefficient (Wildman–Crippen LogP) is 3.80. The van der Waals surface area contributed by atoms with Crippen molar-refractivity contribution < 1.29 is 17.6 Å². The molecule has 0 unspecified atom stereocenters. The summed E-state index contributed by atoms with van der Waals surface area (Å²) in [7, 11) is -3.88. The van der Waals surface area contributed by atoms with E-state index in [2.05, 4.69) is 15.0 Å². The van der Waals surface area contributed by atoms with E-state index < -0.39 is 10.0 Å². The Balaban J connectivity index is 1.52. The molecule has 0 radical (unpaired) electrons. The fraction of sp³-hybridized carbons (Fsp3) is 0.273. The lowest BCUT2D eigenvalue weighted by Gasteiger charge is -2.30. The first kappa shape index (κ1) is 21.1. The van der Waals surface area contributed by atoms with E-state index in [9.17, 15) is 8.42 Å². The van der Waals surface area contributed by atoms with Gasteiger partial charge in [-0.05, 0) is 31.2 Å². The number of benzene rings is 2. The molecule has 4 aromatic rings. The Bertz CT molecular complexity index is 1370. The first-order valence-electron chi connectivity index (χ1n) is 10.2. The number of nitrogens with zero attached hydrogens (tertiary/aromatic N) is 4. The second-order valence-electron chi connectivity index (χ2n) is 7.74. The number of ether oxygens (including phenoxy) is 1. The normalized spacial score (nSPS) is 17.8. The van der Waals surface area contributed by atoms with Crippen molar-refractivity contribution in [3.63, 3.8) is 0 Å². The third kappa shape index (κ3) is 3.93. The molecule has 0 saturated carbocycles. The number of hydrogen-bond acceptors (Lipinski definition) is 7. The van der Waals surface area contributed by atoms with Crippen LogP contribution >= 0.6 is 11.6 Å². The van der Waals surface area contributed by atoms with Crippen molar-refractivity contribution in [3.05, 3.63) is 65.6 Å². The summed E-state index contributed by atoms with van der Waals surface area (Å²) in [5, 5.41) is 5.10. The molecular weight excluding hydrogens is 452 g/mol. The quantitative estimate of drug-likeness (QED) is 0.436. The number of hydrogen-bond donors (Lipinski definition) is 0. The van der Waals surface area contributed by atoms with Crippen molar-refractivity contribution in [2.75, 3.05) is 19.7 Å². The van der Waals surface area contributed by atoms with E-state index in [0.29, 0.717) is 46.3 Å². The van der Waals surface area contributed by atoms with Gasteiger partial charge in [-0.25, -0.2) is 4.98 Å². The van der Waals surface area contributed by atoms with Gasteiger partial charge in [0.1, 0.15) is 5.76 Å². The Labute approximate surface area is 190 Å². The molecule has 0 N–H and O–H groups in total. The van der Waals surface area contributed by atoms with Gasteiger partial charge in [-0.3, -0.25) is 4.90 Å². The smallest absolute Gasteiger partial charge is 0.283 e. The molecule has 10 heteroatoms. The lowest BCUT2D eigenvalue weighted by atomic mass is 10.1. The van der Waals surface area contributed by atoms with E-state index in [-0.39, 0.29) is 11.0 Å². The number of aromatic nitrogens is 3. The van der Waals surface area contributed by atoms with Gasteiger partial charge in [0.15, 0.2) is 0 Å². The van der Waals surface area contributed by atoms with Crippen LogP contribution in [-0.2, 0) is 21.3 Å². The van der Waals surface area contributed by atoms with Crippen molar-refractivity contribution in [2.24, 2.45) is 0 Å². The molecule has 1 aliphatic heterocycles. The molecule has 1 fully saturated rings. The molecule has 0 bridgehead atoms. The van der Waals surface area contributed by atoms with E-state index in [1.165, 1.54) is 18.3 Å². The summed E-state index contributed by atoms with van der Waals surface area (Å²) in [6.45, 7) is 4.99. The van der Waals surface area contributed by atoms with Gasteiger partial charge in [-0.15, -0.1) is 0 Å². The van der Waals surface area contributed by atoms with Crippen LogP contribution in [0.3, 0.4) is 0 Å². The van der Waals surface area contributed by atoms with Gasteiger partial charge in [0.05, 0.1) is 42.1 Å². The van der Waals surface area contributed by atoms with Gasteiger partial charge in [-0.1, -0.05) is 29.8 Å². The van der Waals surface area contributed by atoms with Crippen LogP contribution < -0.4 is 0 Å². The van der Waals surface area contributed by atoms with Crippen LogP contribution in [0.2, 0.25) is 5.02 Å². The Morgan fingerprint density at radius 1 is 1.19 bits per heavy atom. The molecule has 1 saturated heterocycles. The number of halogens is 1. The summed E-state index contributed by atoms with van der Waals surface area (Å²) in [5.74, 6) is 1.08. The highest BCUT2D eigenvalue weighted by Gasteiger charge is 2.24. The fourth-order valence-corrected chi connectivity index (χ4v) is 5.38. The molecule has 32 heavy (non-hydrogen) atoms. The maximum Gasteiger partial charge on any atom is 0.283 e. The average Bonchev–Trinajstić information content (AvgIpc) is 3.41. The average molecular weight is 473 g/mol. The largest absolute Gasteiger partial charge is 0.440 e. The van der Waals surface area contributed by atoms with Crippen molar-refractivity contribution in [1.82, 2.24) is 19.1 Å². The molecule has 3 heterocycles. The van der Waals surface area contributed by atoms with Crippen LogP contribution in [-0.4, -0.2) is 53.3 Å². The zero-order valence-electron chi connectivity index (χ0n) is 17.3. The Hall–Kier alpha value is -2.72. The van der Waals surface area contributed by atoms with Crippen molar-refractivity contribution in [1.29, 1.82) is 0 Å². The molecule has 0 aliphatic carbocycles. The molecule has 2 aromatic heterocycles. The summed E-state index contributed by atoms with van der Waals surface area (Å²) in [6, 6.07) is 11.4. The monoisotopic (exact) mass is 472 g/mol. The summed E-state index contributed by atoms with van der Waals surface area (Å²) in [6.07, 6.45) is 3.36. The van der Waals surface area contributed by atoms with Gasteiger partial charge < -0.3 is 9.15 Å². The summed E-state index contributed by atoms with van der Waals surface area (Å²) in [4.78, 5) is 6.81. The van der Waals surface area contributed by atoms with Crippen molar-refractivity contribution in [3.8, 4) is 11.5 Å². The van der Waals surface area contributed by atoms with E-state index in [0.717, 1.165) is 17.2 Å². The van der Waals surface area contributed by atoms with E-state index in [1.54, 1.807) is 36.5 Å². The third-order valence-electron chi connectivity index (χ3n) is 5.38. The molecule has 0 amide bonds. The first-order valence-corrected chi connectivity index (χ1v) is 12.0. The zero-order valence-corrected chi connectivity index (χ0v) is 18.9. The van der Waals surface area contributed by atoms with Crippen LogP contribution in [0.25, 0.3) is 22.4 Å². The minimum absolute atomic E-state index is 0.143. The second-order valence-corrected chi connectivity index (χ2v) is 9.94. The Morgan fingerprint density at radius 2 is 2.00 bits per heavy atom. The minimum Gasteiger partial charge on any atom is -0.440 e. The number of oxazole rings is 1. The molecule has 5 rings (SSSR count). The van der Waals surface area contributed by atoms with Crippen LogP contribution in [0.4, 0.5) is 0 Å². The lowest BCUT2D eigenvalue weighted by molar-refractivity contribution is -0.0230. The maximum atomic E-state index is 13.1. The Morgan fingerprint density at radius 3 is 2.78 bits per heavy atom. The van der Waals surface area contributed by atoms with Crippen molar-refractivity contribution >= 4 is 32.5 Å². The molecule has 2 aromatic carbocycles. The standard InChI is InChI=1S/C22H21ClN4O4S/c1-15-13-26(7-8-30-15)14-17-11-24-22(31-17)19-9-16(23)10-21-20(19)12-25-27(21)32(28,29)18-5-3-2-4-6-18/h2-6,9-12,15H,7-8,13-14H2,1H3/t15-/m1/s1. The van der Waals surface area contributed by atoms with Crippen LogP contribution in [0.15, 0.2) is 64.2 Å². The van der Waals surface area contributed by atoms with Crippen LogP contribution in [0, 0.1) is 0 Å². The fourth-order valence-electron chi connectivity index (χ4n) is 3.89. The van der Waals surface area contributed by atoms with Crippen LogP contribution in [0.1, 0.15) is 12.7 Å². The van der Waals surface area contributed by atoms with E-state index in [1.807, 2.05) is 6.92 Å². The molecule has 0 spiro atoms.